The van der Waals surface area contributed by atoms with Crippen molar-refractivity contribution in [1.82, 2.24) is 4.90 Å². The number of sulfone groups is 1. The van der Waals surface area contributed by atoms with E-state index in [1.165, 1.54) is 6.07 Å². The highest BCUT2D eigenvalue weighted by Crippen LogP contribution is 2.26. The molecule has 0 saturated carbocycles. The van der Waals surface area contributed by atoms with E-state index in [2.05, 4.69) is 10.2 Å². The van der Waals surface area contributed by atoms with Crippen LogP contribution >= 0.6 is 0 Å². The van der Waals surface area contributed by atoms with Crippen molar-refractivity contribution in [2.75, 3.05) is 36.5 Å². The monoisotopic (exact) mass is 313 g/mol. The molecule has 1 saturated heterocycles. The van der Waals surface area contributed by atoms with Gasteiger partial charge >= 0.3 is 0 Å². The van der Waals surface area contributed by atoms with E-state index in [1.807, 2.05) is 6.92 Å². The largest absolute Gasteiger partial charge is 0.380 e. The smallest absolute Gasteiger partial charge is 0.292 e. The molecule has 0 aromatic heterocycles. The van der Waals surface area contributed by atoms with Gasteiger partial charge in [0.25, 0.3) is 5.69 Å². The van der Waals surface area contributed by atoms with Gasteiger partial charge in [-0.2, -0.15) is 0 Å². The lowest BCUT2D eigenvalue weighted by atomic mass is 10.1. The molecule has 0 radical (unpaired) electrons. The maximum absolute atomic E-state index is 11.4. The van der Waals surface area contributed by atoms with Gasteiger partial charge in [0.2, 0.25) is 0 Å². The molecule has 1 aromatic carbocycles. The Morgan fingerprint density at radius 2 is 2.00 bits per heavy atom. The van der Waals surface area contributed by atoms with Crippen molar-refractivity contribution in [3.05, 3.63) is 33.9 Å². The van der Waals surface area contributed by atoms with Crippen LogP contribution in [0.4, 0.5) is 11.4 Å². The molecule has 8 heteroatoms. The lowest BCUT2D eigenvalue weighted by Gasteiger charge is -2.26. The van der Waals surface area contributed by atoms with Gasteiger partial charge in [0.15, 0.2) is 9.84 Å². The number of nitro benzene ring substituents is 1. The van der Waals surface area contributed by atoms with E-state index in [-0.39, 0.29) is 17.2 Å². The van der Waals surface area contributed by atoms with Gasteiger partial charge in [-0.25, -0.2) is 8.42 Å². The predicted molar refractivity (Wildman–Crippen MR) is 81.2 cm³/mol. The Balaban J connectivity index is 2.10. The summed E-state index contributed by atoms with van der Waals surface area (Å²) in [6, 6.07) is 4.99. The van der Waals surface area contributed by atoms with Gasteiger partial charge in [0.1, 0.15) is 5.69 Å². The van der Waals surface area contributed by atoms with Crippen LogP contribution in [-0.2, 0) is 16.4 Å². The van der Waals surface area contributed by atoms with Crippen LogP contribution in [0.2, 0.25) is 0 Å². The van der Waals surface area contributed by atoms with Crippen LogP contribution < -0.4 is 5.32 Å². The second-order valence-corrected chi connectivity index (χ2v) is 7.37. The molecule has 0 unspecified atom stereocenters. The van der Waals surface area contributed by atoms with E-state index in [1.54, 1.807) is 12.1 Å². The fourth-order valence-corrected chi connectivity index (χ4v) is 3.62. The minimum Gasteiger partial charge on any atom is -0.380 e. The molecule has 1 heterocycles. The van der Waals surface area contributed by atoms with Crippen molar-refractivity contribution >= 4 is 21.2 Å². The summed E-state index contributed by atoms with van der Waals surface area (Å²) in [4.78, 5) is 12.6. The zero-order valence-corrected chi connectivity index (χ0v) is 12.7. The molecule has 1 aromatic rings. The van der Waals surface area contributed by atoms with Gasteiger partial charge in [-0.1, -0.05) is 6.07 Å². The summed E-state index contributed by atoms with van der Waals surface area (Å²) in [5.41, 5.74) is 1.50. The SMILES string of the molecule is CCNc1cc(CN2CCS(=O)(=O)CC2)ccc1[N+](=O)[O-]. The molecule has 21 heavy (non-hydrogen) atoms. The van der Waals surface area contributed by atoms with Crippen molar-refractivity contribution in [2.24, 2.45) is 0 Å². The molecular weight excluding hydrogens is 294 g/mol. The minimum atomic E-state index is -2.89. The van der Waals surface area contributed by atoms with Crippen molar-refractivity contribution in [3.63, 3.8) is 0 Å². The van der Waals surface area contributed by atoms with E-state index in [0.29, 0.717) is 31.9 Å². The van der Waals surface area contributed by atoms with E-state index < -0.39 is 14.8 Å². The van der Waals surface area contributed by atoms with Gasteiger partial charge in [-0.15, -0.1) is 0 Å². The summed E-state index contributed by atoms with van der Waals surface area (Å²) in [5, 5.41) is 13.9. The highest BCUT2D eigenvalue weighted by Gasteiger charge is 2.22. The molecule has 1 aliphatic heterocycles. The topological polar surface area (TPSA) is 92.6 Å². The second-order valence-electron chi connectivity index (χ2n) is 5.07. The molecule has 1 fully saturated rings. The van der Waals surface area contributed by atoms with E-state index in [9.17, 15) is 18.5 Å². The summed E-state index contributed by atoms with van der Waals surface area (Å²) in [6.07, 6.45) is 0. The van der Waals surface area contributed by atoms with Crippen LogP contribution in [0.15, 0.2) is 18.2 Å². The Kier molecular flexibility index (Phi) is 4.79. The molecule has 116 valence electrons. The van der Waals surface area contributed by atoms with Crippen molar-refractivity contribution < 1.29 is 13.3 Å². The summed E-state index contributed by atoms with van der Waals surface area (Å²) in [5.74, 6) is 0.361. The maximum Gasteiger partial charge on any atom is 0.292 e. The third-order valence-electron chi connectivity index (χ3n) is 3.47. The second kappa shape index (κ2) is 6.40. The number of anilines is 1. The molecule has 0 amide bonds. The van der Waals surface area contributed by atoms with E-state index in [0.717, 1.165) is 5.56 Å². The van der Waals surface area contributed by atoms with Crippen LogP contribution in [0.1, 0.15) is 12.5 Å². The first kappa shape index (κ1) is 15.7. The fraction of sp³-hybridized carbons (Fsp3) is 0.538. The van der Waals surface area contributed by atoms with Crippen LogP contribution in [0.25, 0.3) is 0 Å². The molecule has 7 nitrogen and oxygen atoms in total. The Morgan fingerprint density at radius 3 is 2.57 bits per heavy atom. The van der Waals surface area contributed by atoms with Crippen LogP contribution in [0, 0.1) is 10.1 Å². The summed E-state index contributed by atoms with van der Waals surface area (Å²) >= 11 is 0. The molecule has 2 rings (SSSR count). The van der Waals surface area contributed by atoms with Crippen molar-refractivity contribution in [1.29, 1.82) is 0 Å². The van der Waals surface area contributed by atoms with Crippen molar-refractivity contribution in [2.45, 2.75) is 13.5 Å². The number of nitro groups is 1. The normalized spacial score (nSPS) is 18.3. The molecule has 0 atom stereocenters. The summed E-state index contributed by atoms with van der Waals surface area (Å²) in [6.45, 7) is 4.11. The summed E-state index contributed by atoms with van der Waals surface area (Å²) < 4.78 is 22.8. The zero-order chi connectivity index (χ0) is 15.5. The van der Waals surface area contributed by atoms with E-state index >= 15 is 0 Å². The highest BCUT2D eigenvalue weighted by molar-refractivity contribution is 7.91. The lowest BCUT2D eigenvalue weighted by Crippen LogP contribution is -2.39. The molecular formula is C13H19N3O4S. The lowest BCUT2D eigenvalue weighted by molar-refractivity contribution is -0.384. The molecule has 1 N–H and O–H groups in total. The number of rotatable bonds is 5. The minimum absolute atomic E-state index is 0.0572. The van der Waals surface area contributed by atoms with E-state index in [4.69, 9.17) is 0 Å². The Bertz CT molecular complexity index is 616. The van der Waals surface area contributed by atoms with Gasteiger partial charge in [-0.05, 0) is 18.6 Å². The number of nitrogens with one attached hydrogen (secondary N) is 1. The van der Waals surface area contributed by atoms with Gasteiger partial charge in [0, 0.05) is 32.2 Å². The first-order valence-corrected chi connectivity index (χ1v) is 8.67. The maximum atomic E-state index is 11.4. The average Bonchev–Trinajstić information content (AvgIpc) is 2.41. The predicted octanol–water partition coefficient (Wildman–Crippen LogP) is 1.26. The van der Waals surface area contributed by atoms with Gasteiger partial charge < -0.3 is 5.32 Å². The molecule has 0 aliphatic carbocycles. The fourth-order valence-electron chi connectivity index (χ4n) is 2.34. The standard InChI is InChI=1S/C13H19N3O4S/c1-2-14-12-9-11(3-4-13(12)16(17)18)10-15-5-7-21(19,20)8-6-15/h3-4,9,14H,2,5-8,10H2,1H3. The van der Waals surface area contributed by atoms with Crippen LogP contribution in [0.3, 0.4) is 0 Å². The Morgan fingerprint density at radius 1 is 1.33 bits per heavy atom. The third kappa shape index (κ3) is 4.15. The Hall–Kier alpha value is -1.67. The van der Waals surface area contributed by atoms with Gasteiger partial charge in [-0.3, -0.25) is 15.0 Å². The quantitative estimate of drug-likeness (QED) is 0.650. The van der Waals surface area contributed by atoms with Gasteiger partial charge in [0.05, 0.1) is 16.4 Å². The highest BCUT2D eigenvalue weighted by atomic mass is 32.2. The third-order valence-corrected chi connectivity index (χ3v) is 5.08. The average molecular weight is 313 g/mol. The molecule has 0 spiro atoms. The summed E-state index contributed by atoms with van der Waals surface area (Å²) in [7, 11) is -2.89. The molecule has 1 aliphatic rings. The number of nitrogens with zero attached hydrogens (tertiary/aromatic N) is 2. The number of hydrogen-bond acceptors (Lipinski definition) is 6. The van der Waals surface area contributed by atoms with Crippen LogP contribution in [0.5, 0.6) is 0 Å². The first-order valence-electron chi connectivity index (χ1n) is 6.85. The zero-order valence-electron chi connectivity index (χ0n) is 11.9. The molecule has 0 bridgehead atoms. The van der Waals surface area contributed by atoms with Crippen LogP contribution in [-0.4, -0.2) is 49.4 Å². The number of hydrogen-bond donors (Lipinski definition) is 1. The first-order chi connectivity index (χ1) is 9.91. The Labute approximate surface area is 124 Å². The number of benzene rings is 1. The van der Waals surface area contributed by atoms with Crippen molar-refractivity contribution in [3.8, 4) is 0 Å².